The molecule has 0 spiro atoms. The zero-order valence-electron chi connectivity index (χ0n) is 10.5. The average Bonchev–Trinajstić information content (AvgIpc) is 2.09. The van der Waals surface area contributed by atoms with Gasteiger partial charge in [-0.15, -0.1) is 0 Å². The Morgan fingerprint density at radius 2 is 1.93 bits per heavy atom. The lowest BCUT2D eigenvalue weighted by Gasteiger charge is -2.23. The topological polar surface area (TPSA) is 52.3 Å². The zero-order valence-corrected chi connectivity index (χ0v) is 10.5. The van der Waals surface area contributed by atoms with Gasteiger partial charge in [-0.2, -0.15) is 0 Å². The van der Waals surface area contributed by atoms with E-state index in [1.807, 2.05) is 20.8 Å². The van der Waals surface area contributed by atoms with E-state index in [-0.39, 0.29) is 17.5 Å². The van der Waals surface area contributed by atoms with Crippen molar-refractivity contribution in [3.05, 3.63) is 0 Å². The van der Waals surface area contributed by atoms with Crippen LogP contribution in [0.5, 0.6) is 0 Å². The van der Waals surface area contributed by atoms with Gasteiger partial charge >= 0.3 is 5.97 Å². The van der Waals surface area contributed by atoms with Crippen molar-refractivity contribution in [2.45, 2.75) is 59.0 Å². The normalized spacial score (nSPS) is 13.7. The Labute approximate surface area is 93.4 Å². The fourth-order valence-electron chi connectivity index (χ4n) is 1.48. The fourth-order valence-corrected chi connectivity index (χ4v) is 1.48. The number of carbonyl (C=O) groups excluding carboxylic acids is 1. The first-order valence-corrected chi connectivity index (χ1v) is 5.83. The van der Waals surface area contributed by atoms with Crippen LogP contribution < -0.4 is 5.73 Å². The number of ether oxygens (including phenoxy) is 1. The molecule has 0 rings (SSSR count). The summed E-state index contributed by atoms with van der Waals surface area (Å²) in [5.74, 6) is -0.0458. The molecule has 0 aliphatic heterocycles. The predicted molar refractivity (Wildman–Crippen MR) is 62.5 cm³/mol. The van der Waals surface area contributed by atoms with E-state index < -0.39 is 0 Å². The van der Waals surface area contributed by atoms with Crippen LogP contribution in [0.3, 0.4) is 0 Å². The maximum absolute atomic E-state index is 11.8. The predicted octanol–water partition coefficient (Wildman–Crippen LogP) is 2.48. The zero-order chi connectivity index (χ0) is 11.9. The third-order valence-electron chi connectivity index (χ3n) is 2.13. The molecule has 0 aromatic heterocycles. The van der Waals surface area contributed by atoms with Gasteiger partial charge in [0.15, 0.2) is 0 Å². The number of carbonyl (C=O) groups is 1. The molecule has 0 aliphatic carbocycles. The summed E-state index contributed by atoms with van der Waals surface area (Å²) in [6, 6.07) is 0. The first-order valence-electron chi connectivity index (χ1n) is 5.83. The van der Waals surface area contributed by atoms with Gasteiger partial charge in [-0.25, -0.2) is 0 Å². The quantitative estimate of drug-likeness (QED) is 0.692. The molecule has 0 aliphatic rings. The van der Waals surface area contributed by atoms with Gasteiger partial charge in [0.05, 0.1) is 5.92 Å². The van der Waals surface area contributed by atoms with Crippen LogP contribution in [0.2, 0.25) is 0 Å². The van der Waals surface area contributed by atoms with E-state index in [1.165, 1.54) is 0 Å². The molecule has 0 heterocycles. The molecule has 0 aromatic rings. The number of rotatable bonds is 6. The minimum absolute atomic E-state index is 0.0257. The first kappa shape index (κ1) is 14.4. The van der Waals surface area contributed by atoms with Gasteiger partial charge in [0.25, 0.3) is 0 Å². The highest BCUT2D eigenvalue weighted by Gasteiger charge is 2.23. The Hall–Kier alpha value is -0.570. The van der Waals surface area contributed by atoms with Gasteiger partial charge in [0, 0.05) is 0 Å². The van der Waals surface area contributed by atoms with Crippen molar-refractivity contribution < 1.29 is 9.53 Å². The summed E-state index contributed by atoms with van der Waals surface area (Å²) in [6.45, 7) is 8.42. The molecular formula is C12H25NO2. The van der Waals surface area contributed by atoms with Crippen molar-refractivity contribution in [1.29, 1.82) is 0 Å². The summed E-state index contributed by atoms with van der Waals surface area (Å²) in [4.78, 5) is 11.8. The van der Waals surface area contributed by atoms with Gasteiger partial charge in [-0.3, -0.25) is 4.79 Å². The third kappa shape index (κ3) is 7.37. The second kappa shape index (κ2) is 6.83. The Bertz CT molecular complexity index is 185. The summed E-state index contributed by atoms with van der Waals surface area (Å²) >= 11 is 0. The second-order valence-electron chi connectivity index (χ2n) is 4.95. The Kier molecular flexibility index (Phi) is 6.57. The van der Waals surface area contributed by atoms with E-state index in [4.69, 9.17) is 10.5 Å². The summed E-state index contributed by atoms with van der Waals surface area (Å²) in [7, 11) is 0. The summed E-state index contributed by atoms with van der Waals surface area (Å²) in [5, 5.41) is 0. The van der Waals surface area contributed by atoms with Gasteiger partial charge in [0.2, 0.25) is 0 Å². The van der Waals surface area contributed by atoms with Gasteiger partial charge in [-0.05, 0) is 46.6 Å². The van der Waals surface area contributed by atoms with Crippen LogP contribution in [0.4, 0.5) is 0 Å². The minimum atomic E-state index is -0.383. The Morgan fingerprint density at radius 3 is 2.33 bits per heavy atom. The minimum Gasteiger partial charge on any atom is -0.460 e. The van der Waals surface area contributed by atoms with E-state index in [2.05, 4.69) is 6.92 Å². The van der Waals surface area contributed by atoms with Crippen LogP contribution in [0.15, 0.2) is 0 Å². The summed E-state index contributed by atoms with van der Waals surface area (Å²) in [5.41, 5.74) is 5.07. The lowest BCUT2D eigenvalue weighted by molar-refractivity contribution is -0.160. The average molecular weight is 215 g/mol. The molecule has 0 aromatic carbocycles. The molecule has 3 heteroatoms. The summed E-state index contributed by atoms with van der Waals surface area (Å²) in [6.07, 6.45) is 3.65. The highest BCUT2D eigenvalue weighted by atomic mass is 16.6. The van der Waals surface area contributed by atoms with Gasteiger partial charge in [-0.1, -0.05) is 13.3 Å². The van der Waals surface area contributed by atoms with E-state index in [1.54, 1.807) is 0 Å². The molecule has 0 fully saturated rings. The van der Waals surface area contributed by atoms with Gasteiger partial charge < -0.3 is 10.5 Å². The van der Waals surface area contributed by atoms with Crippen molar-refractivity contribution >= 4 is 5.97 Å². The molecular weight excluding hydrogens is 190 g/mol. The van der Waals surface area contributed by atoms with Gasteiger partial charge in [0.1, 0.15) is 5.60 Å². The van der Waals surface area contributed by atoms with E-state index in [9.17, 15) is 4.79 Å². The lowest BCUT2D eigenvalue weighted by Crippen LogP contribution is -2.29. The van der Waals surface area contributed by atoms with E-state index in [0.29, 0.717) is 6.54 Å². The van der Waals surface area contributed by atoms with Crippen LogP contribution in [0, 0.1) is 5.92 Å². The Morgan fingerprint density at radius 1 is 1.33 bits per heavy atom. The molecule has 1 unspecified atom stereocenters. The Balaban J connectivity index is 4.15. The molecule has 3 nitrogen and oxygen atoms in total. The molecule has 0 saturated heterocycles. The molecule has 1 atom stereocenters. The smallest absolute Gasteiger partial charge is 0.309 e. The monoisotopic (exact) mass is 215 g/mol. The third-order valence-corrected chi connectivity index (χ3v) is 2.13. The maximum Gasteiger partial charge on any atom is 0.309 e. The molecule has 90 valence electrons. The van der Waals surface area contributed by atoms with Crippen molar-refractivity contribution in [1.82, 2.24) is 0 Å². The largest absolute Gasteiger partial charge is 0.460 e. The molecule has 0 amide bonds. The van der Waals surface area contributed by atoms with Crippen LogP contribution >= 0.6 is 0 Å². The maximum atomic E-state index is 11.8. The number of esters is 1. The first-order chi connectivity index (χ1) is 6.90. The van der Waals surface area contributed by atoms with Crippen LogP contribution in [0.1, 0.15) is 53.4 Å². The van der Waals surface area contributed by atoms with Crippen molar-refractivity contribution in [2.75, 3.05) is 6.54 Å². The van der Waals surface area contributed by atoms with E-state index in [0.717, 1.165) is 25.7 Å². The molecule has 0 saturated carbocycles. The number of hydrogen-bond donors (Lipinski definition) is 1. The highest BCUT2D eigenvalue weighted by Crippen LogP contribution is 2.19. The molecule has 0 bridgehead atoms. The molecule has 0 radical (unpaired) electrons. The van der Waals surface area contributed by atoms with Crippen molar-refractivity contribution in [3.8, 4) is 0 Å². The van der Waals surface area contributed by atoms with Crippen molar-refractivity contribution in [2.24, 2.45) is 11.7 Å². The van der Waals surface area contributed by atoms with Crippen LogP contribution in [-0.2, 0) is 9.53 Å². The lowest BCUT2D eigenvalue weighted by atomic mass is 9.98. The molecule has 15 heavy (non-hydrogen) atoms. The SMILES string of the molecule is CCCC(CCCN)C(=O)OC(C)(C)C. The highest BCUT2D eigenvalue weighted by molar-refractivity contribution is 5.72. The standard InChI is InChI=1S/C12H25NO2/c1-5-7-10(8-6-9-13)11(14)15-12(2,3)4/h10H,5-9,13H2,1-4H3. The fraction of sp³-hybridized carbons (Fsp3) is 0.917. The second-order valence-corrected chi connectivity index (χ2v) is 4.95. The molecule has 2 N–H and O–H groups in total. The number of hydrogen-bond acceptors (Lipinski definition) is 3. The summed E-state index contributed by atoms with van der Waals surface area (Å²) < 4.78 is 5.37. The van der Waals surface area contributed by atoms with Crippen LogP contribution in [-0.4, -0.2) is 18.1 Å². The van der Waals surface area contributed by atoms with E-state index >= 15 is 0 Å². The van der Waals surface area contributed by atoms with Crippen LogP contribution in [0.25, 0.3) is 0 Å². The van der Waals surface area contributed by atoms with Crippen molar-refractivity contribution in [3.63, 3.8) is 0 Å². The number of nitrogens with two attached hydrogens (primary N) is 1.